The number of rotatable bonds is 7. The van der Waals surface area contributed by atoms with Gasteiger partial charge in [0.1, 0.15) is 0 Å². The minimum absolute atomic E-state index is 0.0237. The first kappa shape index (κ1) is 12.2. The number of nitrogens with two attached hydrogens (primary N) is 1. The summed E-state index contributed by atoms with van der Waals surface area (Å²) in [5.41, 5.74) is 3.80. The van der Waals surface area contributed by atoms with E-state index in [2.05, 4.69) is 17.4 Å². The van der Waals surface area contributed by atoms with E-state index in [0.717, 1.165) is 18.5 Å². The predicted molar refractivity (Wildman–Crippen MR) is 59.1 cm³/mol. The van der Waals surface area contributed by atoms with Crippen molar-refractivity contribution >= 4 is 0 Å². The summed E-state index contributed by atoms with van der Waals surface area (Å²) in [4.78, 5) is 0. The smallest absolute Gasteiger partial charge is 0.0724 e. The van der Waals surface area contributed by atoms with Crippen LogP contribution in [0.3, 0.4) is 0 Å². The normalized spacial score (nSPS) is 13.0. The fourth-order valence-corrected chi connectivity index (χ4v) is 1.39. The van der Waals surface area contributed by atoms with Crippen LogP contribution >= 0.6 is 0 Å². The summed E-state index contributed by atoms with van der Waals surface area (Å²) >= 11 is 0. The van der Waals surface area contributed by atoms with Gasteiger partial charge in [0.05, 0.1) is 18.8 Å². The van der Waals surface area contributed by atoms with Gasteiger partial charge in [-0.2, -0.15) is 5.10 Å². The summed E-state index contributed by atoms with van der Waals surface area (Å²) in [6.45, 7) is 6.30. The average Bonchev–Trinajstić information content (AvgIpc) is 2.68. The first-order chi connectivity index (χ1) is 7.31. The maximum atomic E-state index is 5.46. The fourth-order valence-electron chi connectivity index (χ4n) is 1.39. The van der Waals surface area contributed by atoms with Crippen LogP contribution in [0.25, 0.3) is 0 Å². The largest absolute Gasteiger partial charge is 0.380 e. The van der Waals surface area contributed by atoms with Crippen molar-refractivity contribution in [3.8, 4) is 0 Å². The minimum atomic E-state index is 0.0237. The number of aromatic nitrogens is 2. The van der Waals surface area contributed by atoms with Crippen LogP contribution in [0.2, 0.25) is 0 Å². The Kier molecular flexibility index (Phi) is 5.31. The van der Waals surface area contributed by atoms with E-state index in [0.29, 0.717) is 13.2 Å². The highest BCUT2D eigenvalue weighted by atomic mass is 16.5. The molecule has 0 bridgehead atoms. The second kappa shape index (κ2) is 6.55. The topological polar surface area (TPSA) is 65.1 Å². The monoisotopic (exact) mass is 212 g/mol. The lowest BCUT2D eigenvalue weighted by Crippen LogP contribution is -2.31. The molecule has 3 N–H and O–H groups in total. The van der Waals surface area contributed by atoms with Crippen molar-refractivity contribution in [2.45, 2.75) is 32.9 Å². The van der Waals surface area contributed by atoms with Crippen LogP contribution in [0.1, 0.15) is 31.9 Å². The number of hydrogen-bond donors (Lipinski definition) is 2. The lowest BCUT2D eigenvalue weighted by molar-refractivity contribution is 0.123. The molecule has 5 nitrogen and oxygen atoms in total. The molecule has 1 heterocycles. The van der Waals surface area contributed by atoms with Crippen molar-refractivity contribution in [3.05, 3.63) is 18.0 Å². The van der Waals surface area contributed by atoms with Crippen LogP contribution in [0.15, 0.2) is 12.4 Å². The van der Waals surface area contributed by atoms with Crippen molar-refractivity contribution in [1.82, 2.24) is 15.2 Å². The minimum Gasteiger partial charge on any atom is -0.380 e. The van der Waals surface area contributed by atoms with Crippen LogP contribution in [0.5, 0.6) is 0 Å². The number of nitrogens with zero attached hydrogens (tertiary/aromatic N) is 2. The van der Waals surface area contributed by atoms with Gasteiger partial charge in [0.25, 0.3) is 0 Å². The first-order valence-electron chi connectivity index (χ1n) is 5.38. The van der Waals surface area contributed by atoms with Crippen LogP contribution in [0.4, 0.5) is 0 Å². The Labute approximate surface area is 90.6 Å². The summed E-state index contributed by atoms with van der Waals surface area (Å²) in [6, 6.07) is 0.0237. The molecule has 0 fully saturated rings. The molecule has 86 valence electrons. The third kappa shape index (κ3) is 3.62. The molecule has 0 aliphatic rings. The summed E-state index contributed by atoms with van der Waals surface area (Å²) in [6.07, 6.45) is 4.92. The second-order valence-electron chi connectivity index (χ2n) is 3.42. The van der Waals surface area contributed by atoms with Gasteiger partial charge in [0, 0.05) is 24.9 Å². The number of nitrogens with one attached hydrogen (secondary N) is 1. The Morgan fingerprint density at radius 3 is 3.00 bits per heavy atom. The lowest BCUT2D eigenvalue weighted by Gasteiger charge is -2.13. The molecule has 1 unspecified atom stereocenters. The van der Waals surface area contributed by atoms with Crippen LogP contribution < -0.4 is 11.3 Å². The molecule has 0 aliphatic carbocycles. The Balaban J connectivity index is 2.57. The van der Waals surface area contributed by atoms with E-state index in [-0.39, 0.29) is 6.04 Å². The van der Waals surface area contributed by atoms with Crippen molar-refractivity contribution in [2.24, 2.45) is 5.84 Å². The van der Waals surface area contributed by atoms with E-state index in [1.807, 2.05) is 24.0 Å². The molecule has 0 saturated heterocycles. The maximum Gasteiger partial charge on any atom is 0.0724 e. The summed E-state index contributed by atoms with van der Waals surface area (Å²) < 4.78 is 7.25. The molecule has 0 saturated carbocycles. The van der Waals surface area contributed by atoms with Gasteiger partial charge in [0.2, 0.25) is 0 Å². The molecule has 0 aromatic carbocycles. The number of hydrogen-bond acceptors (Lipinski definition) is 4. The predicted octanol–water partition coefficient (Wildman–Crippen LogP) is 0.834. The third-order valence-corrected chi connectivity index (χ3v) is 2.20. The zero-order valence-corrected chi connectivity index (χ0v) is 9.44. The fraction of sp³-hybridized carbons (Fsp3) is 0.700. The van der Waals surface area contributed by atoms with Crippen molar-refractivity contribution in [3.63, 3.8) is 0 Å². The van der Waals surface area contributed by atoms with Crippen LogP contribution in [-0.2, 0) is 11.3 Å². The molecule has 0 radical (unpaired) electrons. The summed E-state index contributed by atoms with van der Waals surface area (Å²) in [5, 5.41) is 4.25. The SMILES string of the molecule is CCCn1cc(C(COCC)NN)cn1. The summed E-state index contributed by atoms with van der Waals surface area (Å²) in [7, 11) is 0. The molecule has 1 rings (SSSR count). The molecule has 0 amide bonds. The van der Waals surface area contributed by atoms with Crippen LogP contribution in [0, 0.1) is 0 Å². The highest BCUT2D eigenvalue weighted by Gasteiger charge is 2.11. The third-order valence-electron chi connectivity index (χ3n) is 2.20. The standard InChI is InChI=1S/C10H20N4O/c1-3-5-14-7-9(6-12-14)10(13-11)8-15-4-2/h6-7,10,13H,3-5,8,11H2,1-2H3. The van der Waals surface area contributed by atoms with E-state index in [1.165, 1.54) is 0 Å². The maximum absolute atomic E-state index is 5.46. The van der Waals surface area contributed by atoms with Crippen molar-refractivity contribution in [2.75, 3.05) is 13.2 Å². The zero-order valence-electron chi connectivity index (χ0n) is 9.44. The first-order valence-corrected chi connectivity index (χ1v) is 5.38. The number of hydrazine groups is 1. The molecular weight excluding hydrogens is 192 g/mol. The Morgan fingerprint density at radius 2 is 2.40 bits per heavy atom. The van der Waals surface area contributed by atoms with Crippen molar-refractivity contribution in [1.29, 1.82) is 0 Å². The zero-order chi connectivity index (χ0) is 11.1. The molecule has 15 heavy (non-hydrogen) atoms. The molecular formula is C10H20N4O. The quantitative estimate of drug-likeness (QED) is 0.519. The van der Waals surface area contributed by atoms with Gasteiger partial charge in [-0.3, -0.25) is 16.0 Å². The average molecular weight is 212 g/mol. The van der Waals surface area contributed by atoms with E-state index in [4.69, 9.17) is 10.6 Å². The van der Waals surface area contributed by atoms with Gasteiger partial charge in [-0.25, -0.2) is 0 Å². The van der Waals surface area contributed by atoms with E-state index in [1.54, 1.807) is 0 Å². The van der Waals surface area contributed by atoms with Gasteiger partial charge in [-0.1, -0.05) is 6.92 Å². The van der Waals surface area contributed by atoms with E-state index in [9.17, 15) is 0 Å². The number of aryl methyl sites for hydroxylation is 1. The Hall–Kier alpha value is -0.910. The van der Waals surface area contributed by atoms with Crippen LogP contribution in [-0.4, -0.2) is 23.0 Å². The van der Waals surface area contributed by atoms with E-state index < -0.39 is 0 Å². The second-order valence-corrected chi connectivity index (χ2v) is 3.42. The Bertz CT molecular complexity index is 274. The summed E-state index contributed by atoms with van der Waals surface area (Å²) in [5.74, 6) is 5.46. The molecule has 0 spiro atoms. The van der Waals surface area contributed by atoms with Gasteiger partial charge in [-0.15, -0.1) is 0 Å². The molecule has 1 aromatic heterocycles. The van der Waals surface area contributed by atoms with E-state index >= 15 is 0 Å². The van der Waals surface area contributed by atoms with Gasteiger partial charge in [-0.05, 0) is 13.3 Å². The number of ether oxygens (including phenoxy) is 1. The van der Waals surface area contributed by atoms with Gasteiger partial charge in [0.15, 0.2) is 0 Å². The highest BCUT2D eigenvalue weighted by molar-refractivity contribution is 5.10. The molecule has 1 aromatic rings. The van der Waals surface area contributed by atoms with Crippen molar-refractivity contribution < 1.29 is 4.74 Å². The lowest BCUT2D eigenvalue weighted by atomic mass is 10.2. The molecule has 0 aliphatic heterocycles. The van der Waals surface area contributed by atoms with Gasteiger partial charge < -0.3 is 4.74 Å². The molecule has 1 atom stereocenters. The molecule has 5 heteroatoms. The van der Waals surface area contributed by atoms with Gasteiger partial charge >= 0.3 is 0 Å². The highest BCUT2D eigenvalue weighted by Crippen LogP contribution is 2.11. The Morgan fingerprint density at radius 1 is 1.60 bits per heavy atom.